The maximum atomic E-state index is 12.6. The molecule has 3 rings (SSSR count). The molecule has 7 nitrogen and oxygen atoms in total. The molecule has 30 heavy (non-hydrogen) atoms. The molecule has 0 aliphatic carbocycles. The number of esters is 1. The van der Waals surface area contributed by atoms with Crippen molar-refractivity contribution in [3.63, 3.8) is 0 Å². The lowest BCUT2D eigenvalue weighted by molar-refractivity contribution is -0.134. The summed E-state index contributed by atoms with van der Waals surface area (Å²) in [6.07, 6.45) is 5.25. The number of nitrogens with zero attached hydrogens (tertiary/aromatic N) is 1. The highest BCUT2D eigenvalue weighted by atomic mass is 16.7. The molecule has 1 fully saturated rings. The minimum atomic E-state index is -0.833. The van der Waals surface area contributed by atoms with Crippen LogP contribution >= 0.6 is 0 Å². The summed E-state index contributed by atoms with van der Waals surface area (Å²) in [6, 6.07) is 9.62. The second-order valence-electron chi connectivity index (χ2n) is 6.95. The Bertz CT molecular complexity index is 990. The van der Waals surface area contributed by atoms with Crippen LogP contribution in [-0.4, -0.2) is 43.0 Å². The van der Waals surface area contributed by atoms with Crippen molar-refractivity contribution in [3.8, 4) is 0 Å². The Hall–Kier alpha value is -3.03. The Morgan fingerprint density at radius 2 is 2.00 bits per heavy atom. The van der Waals surface area contributed by atoms with E-state index in [9.17, 15) is 9.59 Å². The Kier molecular flexibility index (Phi) is 6.97. The molecule has 1 aliphatic heterocycles. The number of aromatic nitrogens is 1. The van der Waals surface area contributed by atoms with Gasteiger partial charge in [0.1, 0.15) is 0 Å². The van der Waals surface area contributed by atoms with Crippen LogP contribution in [-0.2, 0) is 30.3 Å². The summed E-state index contributed by atoms with van der Waals surface area (Å²) in [7, 11) is 1.32. The predicted molar refractivity (Wildman–Crippen MR) is 113 cm³/mol. The first kappa shape index (κ1) is 21.7. The molecule has 1 aromatic heterocycles. The molecule has 0 radical (unpaired) electrons. The number of para-hydroxylation sites is 1. The molecule has 1 aliphatic rings. The van der Waals surface area contributed by atoms with E-state index < -0.39 is 11.8 Å². The van der Waals surface area contributed by atoms with Crippen LogP contribution in [0.5, 0.6) is 0 Å². The lowest BCUT2D eigenvalue weighted by Crippen LogP contribution is -2.30. The third-order valence-corrected chi connectivity index (χ3v) is 4.92. The van der Waals surface area contributed by atoms with Gasteiger partial charge in [0.25, 0.3) is 0 Å². The quantitative estimate of drug-likeness (QED) is 0.557. The summed E-state index contributed by atoms with van der Waals surface area (Å²) in [5.74, 6) is -1.53. The fraction of sp³-hybridized carbons (Fsp3) is 0.348. The molecule has 2 heterocycles. The van der Waals surface area contributed by atoms with E-state index in [4.69, 9.17) is 9.47 Å². The highest BCUT2D eigenvalue weighted by molar-refractivity contribution is 5.93. The summed E-state index contributed by atoms with van der Waals surface area (Å²) in [4.78, 5) is 28.8. The number of hydrogen-bond donors (Lipinski definition) is 1. The summed E-state index contributed by atoms with van der Waals surface area (Å²) >= 11 is 0. The number of carbonyl (C=O) groups excluding carboxylic acids is 2. The van der Waals surface area contributed by atoms with Crippen LogP contribution in [0, 0.1) is 0 Å². The minimum Gasteiger partial charge on any atom is -0.466 e. The van der Waals surface area contributed by atoms with Crippen molar-refractivity contribution in [1.82, 2.24) is 10.3 Å². The topological polar surface area (TPSA) is 86.8 Å². The van der Waals surface area contributed by atoms with Gasteiger partial charge in [0, 0.05) is 30.0 Å². The average molecular weight is 410 g/mol. The van der Waals surface area contributed by atoms with Crippen LogP contribution in [0.1, 0.15) is 31.5 Å². The lowest BCUT2D eigenvalue weighted by Gasteiger charge is -2.22. The van der Waals surface area contributed by atoms with Crippen LogP contribution in [0.2, 0.25) is 0 Å². The van der Waals surface area contributed by atoms with Gasteiger partial charge in [-0.15, -0.1) is 0 Å². The van der Waals surface area contributed by atoms with E-state index in [-0.39, 0.29) is 12.5 Å². The normalized spacial score (nSPS) is 16.2. The highest BCUT2D eigenvalue weighted by Gasteiger charge is 2.33. The molecule has 0 saturated carbocycles. The van der Waals surface area contributed by atoms with Gasteiger partial charge in [-0.25, -0.2) is 9.78 Å². The number of carbonyl (C=O) groups is 2. The first-order valence-corrected chi connectivity index (χ1v) is 9.86. The number of ether oxygens (including phenoxy) is 3. The van der Waals surface area contributed by atoms with Crippen molar-refractivity contribution in [2.45, 2.75) is 32.6 Å². The summed E-state index contributed by atoms with van der Waals surface area (Å²) in [5.41, 5.74) is 2.69. The van der Waals surface area contributed by atoms with Crippen molar-refractivity contribution in [2.24, 2.45) is 0 Å². The molecule has 0 bridgehead atoms. The Morgan fingerprint density at radius 3 is 2.70 bits per heavy atom. The van der Waals surface area contributed by atoms with Gasteiger partial charge < -0.3 is 19.5 Å². The molecule has 1 N–H and O–H groups in total. The maximum absolute atomic E-state index is 12.6. The molecule has 2 aromatic rings. The zero-order valence-corrected chi connectivity index (χ0v) is 17.4. The van der Waals surface area contributed by atoms with E-state index in [1.165, 1.54) is 13.2 Å². The largest absolute Gasteiger partial charge is 0.466 e. The highest BCUT2D eigenvalue weighted by Crippen LogP contribution is 2.26. The molecular weight excluding hydrogens is 384 g/mol. The van der Waals surface area contributed by atoms with Gasteiger partial charge in [0.2, 0.25) is 5.91 Å². The van der Waals surface area contributed by atoms with E-state index in [2.05, 4.69) is 15.0 Å². The maximum Gasteiger partial charge on any atom is 0.330 e. The van der Waals surface area contributed by atoms with Gasteiger partial charge >= 0.3 is 5.97 Å². The smallest absolute Gasteiger partial charge is 0.330 e. The first-order chi connectivity index (χ1) is 14.5. The van der Waals surface area contributed by atoms with Crippen molar-refractivity contribution in [3.05, 3.63) is 59.3 Å². The average Bonchev–Trinajstić information content (AvgIpc) is 3.24. The molecule has 1 aromatic carbocycles. The number of fused-ring (bicyclic) bond motifs is 1. The van der Waals surface area contributed by atoms with Gasteiger partial charge in [-0.05, 0) is 36.8 Å². The molecule has 158 valence electrons. The fourth-order valence-electron chi connectivity index (χ4n) is 3.25. The van der Waals surface area contributed by atoms with Crippen LogP contribution in [0.3, 0.4) is 0 Å². The number of nitrogens with one attached hydrogen (secondary N) is 1. The summed E-state index contributed by atoms with van der Waals surface area (Å²) in [5, 5.41) is 3.86. The lowest BCUT2D eigenvalue weighted by atomic mass is 10.1. The predicted octanol–water partition coefficient (Wildman–Crippen LogP) is 3.14. The van der Waals surface area contributed by atoms with Crippen LogP contribution < -0.4 is 5.32 Å². The number of benzene rings is 1. The van der Waals surface area contributed by atoms with Gasteiger partial charge in [0.05, 0.1) is 31.5 Å². The fourth-order valence-corrected chi connectivity index (χ4v) is 3.25. The number of pyridine rings is 1. The second-order valence-corrected chi connectivity index (χ2v) is 6.95. The Morgan fingerprint density at radius 1 is 1.27 bits per heavy atom. The third kappa shape index (κ3) is 5.11. The van der Waals surface area contributed by atoms with Crippen LogP contribution in [0.15, 0.2) is 48.1 Å². The number of methoxy groups -OCH3 is 1. The van der Waals surface area contributed by atoms with E-state index >= 15 is 0 Å². The van der Waals surface area contributed by atoms with E-state index in [1.807, 2.05) is 37.3 Å². The van der Waals surface area contributed by atoms with Crippen molar-refractivity contribution in [1.29, 1.82) is 0 Å². The number of amides is 1. The van der Waals surface area contributed by atoms with Gasteiger partial charge in [-0.3, -0.25) is 4.79 Å². The zero-order valence-electron chi connectivity index (χ0n) is 17.4. The molecule has 0 unspecified atom stereocenters. The second kappa shape index (κ2) is 9.65. The Balaban J connectivity index is 1.81. The Labute approximate surface area is 175 Å². The zero-order chi connectivity index (χ0) is 21.6. The standard InChI is InChI=1S/C23H26N2O5/c1-4-23(29-11-12-30-23)14-16(2)22(27)24-15-18-13-17-7-5-6-8-19(17)25-20(18)9-10-21(26)28-3/h5-10,13-14H,4,11-12,15H2,1-3H3,(H,24,27)/b10-9+,16-14+. The van der Waals surface area contributed by atoms with Crippen molar-refractivity contribution >= 4 is 28.9 Å². The monoisotopic (exact) mass is 410 g/mol. The molecule has 0 spiro atoms. The van der Waals surface area contributed by atoms with E-state index in [0.717, 1.165) is 16.5 Å². The molecule has 1 amide bonds. The van der Waals surface area contributed by atoms with E-state index in [1.54, 1.807) is 19.1 Å². The van der Waals surface area contributed by atoms with Gasteiger partial charge in [0.15, 0.2) is 5.79 Å². The van der Waals surface area contributed by atoms with Crippen LogP contribution in [0.4, 0.5) is 0 Å². The SMILES string of the molecule is CCC1(/C=C(\C)C(=O)NCc2cc3ccccc3nc2/C=C/C(=O)OC)OCCO1. The summed E-state index contributed by atoms with van der Waals surface area (Å²) in [6.45, 7) is 4.96. The van der Waals surface area contributed by atoms with Gasteiger partial charge in [-0.1, -0.05) is 25.1 Å². The molecule has 7 heteroatoms. The first-order valence-electron chi connectivity index (χ1n) is 9.86. The minimum absolute atomic E-state index is 0.224. The molecule has 0 atom stereocenters. The summed E-state index contributed by atoms with van der Waals surface area (Å²) < 4.78 is 16.0. The number of rotatable bonds is 7. The van der Waals surface area contributed by atoms with Gasteiger partial charge in [-0.2, -0.15) is 0 Å². The van der Waals surface area contributed by atoms with E-state index in [0.29, 0.717) is 30.9 Å². The third-order valence-electron chi connectivity index (χ3n) is 4.92. The van der Waals surface area contributed by atoms with Crippen LogP contribution in [0.25, 0.3) is 17.0 Å². The molecule has 1 saturated heterocycles. The molecular formula is C23H26N2O5. The van der Waals surface area contributed by atoms with Crippen molar-refractivity contribution < 1.29 is 23.8 Å². The van der Waals surface area contributed by atoms with Crippen molar-refractivity contribution in [2.75, 3.05) is 20.3 Å². The number of hydrogen-bond acceptors (Lipinski definition) is 6.